The minimum Gasteiger partial charge on any atom is -0.491 e. The Morgan fingerprint density at radius 2 is 2.00 bits per heavy atom. The lowest BCUT2D eigenvalue weighted by Crippen LogP contribution is -2.42. The summed E-state index contributed by atoms with van der Waals surface area (Å²) in [7, 11) is 0. The molecule has 0 saturated carbocycles. The van der Waals surface area contributed by atoms with Crippen LogP contribution in [0.2, 0.25) is 0 Å². The van der Waals surface area contributed by atoms with Crippen molar-refractivity contribution in [2.24, 2.45) is 0 Å². The van der Waals surface area contributed by atoms with Gasteiger partial charge in [-0.25, -0.2) is 0 Å². The van der Waals surface area contributed by atoms with Crippen LogP contribution < -0.4 is 10.1 Å². The number of ether oxygens (including phenoxy) is 1. The van der Waals surface area contributed by atoms with E-state index < -0.39 is 0 Å². The third-order valence-corrected chi connectivity index (χ3v) is 3.22. The first-order valence-corrected chi connectivity index (χ1v) is 6.93. The molecule has 0 aliphatic carbocycles. The van der Waals surface area contributed by atoms with Crippen LogP contribution in [0, 0.1) is 0 Å². The van der Waals surface area contributed by atoms with Crippen molar-refractivity contribution in [3.8, 4) is 5.75 Å². The number of nitrogens with one attached hydrogen (secondary N) is 1. The molecule has 4 heteroatoms. The molecule has 0 radical (unpaired) electrons. The zero-order valence-corrected chi connectivity index (χ0v) is 11.5. The van der Waals surface area contributed by atoms with Crippen molar-refractivity contribution in [3.05, 3.63) is 30.3 Å². The SMILES string of the molecule is C[C@H](COc1ccccc1)NC(=O)CN1CCCC1. The molecule has 2 rings (SSSR count). The molecule has 1 amide bonds. The van der Waals surface area contributed by atoms with Crippen molar-refractivity contribution >= 4 is 5.91 Å². The third-order valence-electron chi connectivity index (χ3n) is 3.22. The summed E-state index contributed by atoms with van der Waals surface area (Å²) in [5, 5.41) is 2.97. The highest BCUT2D eigenvalue weighted by Gasteiger charge is 2.16. The first-order valence-electron chi connectivity index (χ1n) is 6.93. The van der Waals surface area contributed by atoms with E-state index in [2.05, 4.69) is 10.2 Å². The Morgan fingerprint density at radius 1 is 1.32 bits per heavy atom. The molecule has 0 unspecified atom stereocenters. The van der Waals surface area contributed by atoms with Crippen LogP contribution >= 0.6 is 0 Å². The van der Waals surface area contributed by atoms with Gasteiger partial charge < -0.3 is 10.1 Å². The molecule has 1 aliphatic heterocycles. The van der Waals surface area contributed by atoms with Crippen LogP contribution in [0.3, 0.4) is 0 Å². The fourth-order valence-corrected chi connectivity index (χ4v) is 2.24. The van der Waals surface area contributed by atoms with E-state index >= 15 is 0 Å². The van der Waals surface area contributed by atoms with Crippen molar-refractivity contribution in [1.82, 2.24) is 10.2 Å². The predicted octanol–water partition coefficient (Wildman–Crippen LogP) is 1.67. The standard InChI is InChI=1S/C15H22N2O2/c1-13(12-19-14-7-3-2-4-8-14)16-15(18)11-17-9-5-6-10-17/h2-4,7-8,13H,5-6,9-12H2,1H3,(H,16,18)/t13-/m1/s1. The second-order valence-electron chi connectivity index (χ2n) is 5.08. The number of hydrogen-bond donors (Lipinski definition) is 1. The normalized spacial score (nSPS) is 17.1. The first-order chi connectivity index (χ1) is 9.24. The maximum Gasteiger partial charge on any atom is 0.234 e. The van der Waals surface area contributed by atoms with Gasteiger partial charge in [0.15, 0.2) is 0 Å². The smallest absolute Gasteiger partial charge is 0.234 e. The number of hydrogen-bond acceptors (Lipinski definition) is 3. The van der Waals surface area contributed by atoms with Crippen molar-refractivity contribution in [2.75, 3.05) is 26.2 Å². The number of benzene rings is 1. The van der Waals surface area contributed by atoms with Gasteiger partial charge in [-0.15, -0.1) is 0 Å². The molecule has 1 N–H and O–H groups in total. The molecule has 1 saturated heterocycles. The number of carbonyl (C=O) groups is 1. The fourth-order valence-electron chi connectivity index (χ4n) is 2.24. The average Bonchev–Trinajstić information content (AvgIpc) is 2.90. The van der Waals surface area contributed by atoms with Gasteiger partial charge in [0.25, 0.3) is 0 Å². The molecule has 0 aromatic heterocycles. The van der Waals surface area contributed by atoms with Gasteiger partial charge in [-0.05, 0) is 45.0 Å². The summed E-state index contributed by atoms with van der Waals surface area (Å²) in [6.07, 6.45) is 2.42. The molecule has 1 fully saturated rings. The zero-order valence-electron chi connectivity index (χ0n) is 11.5. The van der Waals surface area contributed by atoms with E-state index in [-0.39, 0.29) is 11.9 Å². The van der Waals surface area contributed by atoms with E-state index in [9.17, 15) is 4.79 Å². The van der Waals surface area contributed by atoms with Gasteiger partial charge in [-0.3, -0.25) is 9.69 Å². The molecule has 0 bridgehead atoms. The lowest BCUT2D eigenvalue weighted by atomic mass is 10.3. The Bertz CT molecular complexity index is 388. The van der Waals surface area contributed by atoms with E-state index in [0.717, 1.165) is 18.8 Å². The van der Waals surface area contributed by atoms with Crippen LogP contribution in [0.1, 0.15) is 19.8 Å². The Hall–Kier alpha value is -1.55. The van der Waals surface area contributed by atoms with Gasteiger partial charge in [-0.2, -0.15) is 0 Å². The summed E-state index contributed by atoms with van der Waals surface area (Å²) >= 11 is 0. The Labute approximate surface area is 114 Å². The van der Waals surface area contributed by atoms with Crippen LogP contribution in [0.5, 0.6) is 5.75 Å². The number of rotatable bonds is 6. The summed E-state index contributed by atoms with van der Waals surface area (Å²) in [4.78, 5) is 14.0. The maximum atomic E-state index is 11.8. The van der Waals surface area contributed by atoms with Crippen LogP contribution in [0.4, 0.5) is 0 Å². The Morgan fingerprint density at radius 3 is 2.68 bits per heavy atom. The summed E-state index contributed by atoms with van der Waals surface area (Å²) in [6, 6.07) is 9.68. The molecule has 1 heterocycles. The summed E-state index contributed by atoms with van der Waals surface area (Å²) in [5.74, 6) is 0.925. The van der Waals surface area contributed by atoms with Gasteiger partial charge in [-0.1, -0.05) is 18.2 Å². The number of likely N-dealkylation sites (tertiary alicyclic amines) is 1. The van der Waals surface area contributed by atoms with Crippen molar-refractivity contribution < 1.29 is 9.53 Å². The van der Waals surface area contributed by atoms with Crippen molar-refractivity contribution in [1.29, 1.82) is 0 Å². The predicted molar refractivity (Wildman–Crippen MR) is 75.2 cm³/mol. The average molecular weight is 262 g/mol. The molecular formula is C15H22N2O2. The minimum absolute atomic E-state index is 0.0234. The van der Waals surface area contributed by atoms with Crippen molar-refractivity contribution in [2.45, 2.75) is 25.8 Å². The topological polar surface area (TPSA) is 41.6 Å². The minimum atomic E-state index is 0.0234. The molecule has 1 aromatic carbocycles. The Balaban J connectivity index is 1.65. The molecule has 19 heavy (non-hydrogen) atoms. The summed E-state index contributed by atoms with van der Waals surface area (Å²) in [6.45, 7) is 5.06. The Kier molecular flexibility index (Phi) is 5.21. The van der Waals surface area contributed by atoms with E-state index in [4.69, 9.17) is 4.74 Å². The molecular weight excluding hydrogens is 240 g/mol. The van der Waals surface area contributed by atoms with E-state index in [1.54, 1.807) is 0 Å². The molecule has 4 nitrogen and oxygen atoms in total. The fraction of sp³-hybridized carbons (Fsp3) is 0.533. The zero-order chi connectivity index (χ0) is 13.5. The number of para-hydroxylation sites is 1. The van der Waals surface area contributed by atoms with Crippen LogP contribution in [-0.2, 0) is 4.79 Å². The number of carbonyl (C=O) groups excluding carboxylic acids is 1. The van der Waals surface area contributed by atoms with Gasteiger partial charge in [0.1, 0.15) is 12.4 Å². The molecule has 1 atom stereocenters. The van der Waals surface area contributed by atoms with E-state index in [0.29, 0.717) is 13.2 Å². The maximum absolute atomic E-state index is 11.8. The van der Waals surface area contributed by atoms with Crippen LogP contribution in [-0.4, -0.2) is 43.1 Å². The highest BCUT2D eigenvalue weighted by molar-refractivity contribution is 5.78. The van der Waals surface area contributed by atoms with Crippen LogP contribution in [0.15, 0.2) is 30.3 Å². The summed E-state index contributed by atoms with van der Waals surface area (Å²) < 4.78 is 5.61. The summed E-state index contributed by atoms with van der Waals surface area (Å²) in [5.41, 5.74) is 0. The van der Waals surface area contributed by atoms with Crippen LogP contribution in [0.25, 0.3) is 0 Å². The van der Waals surface area contributed by atoms with Gasteiger partial charge in [0.2, 0.25) is 5.91 Å². The molecule has 1 aromatic rings. The van der Waals surface area contributed by atoms with Gasteiger partial charge in [0, 0.05) is 0 Å². The first kappa shape index (κ1) is 13.9. The highest BCUT2D eigenvalue weighted by Crippen LogP contribution is 2.08. The highest BCUT2D eigenvalue weighted by atomic mass is 16.5. The van der Waals surface area contributed by atoms with Gasteiger partial charge >= 0.3 is 0 Å². The second-order valence-corrected chi connectivity index (χ2v) is 5.08. The lowest BCUT2D eigenvalue weighted by Gasteiger charge is -2.18. The van der Waals surface area contributed by atoms with E-state index in [1.807, 2.05) is 37.3 Å². The van der Waals surface area contributed by atoms with Crippen molar-refractivity contribution in [3.63, 3.8) is 0 Å². The third kappa shape index (κ3) is 4.91. The molecule has 104 valence electrons. The van der Waals surface area contributed by atoms with Gasteiger partial charge in [0.05, 0.1) is 12.6 Å². The number of nitrogens with zero attached hydrogens (tertiary/aromatic N) is 1. The second kappa shape index (κ2) is 7.14. The number of amides is 1. The monoisotopic (exact) mass is 262 g/mol. The largest absolute Gasteiger partial charge is 0.491 e. The van der Waals surface area contributed by atoms with E-state index in [1.165, 1.54) is 12.8 Å². The quantitative estimate of drug-likeness (QED) is 0.848. The lowest BCUT2D eigenvalue weighted by molar-refractivity contribution is -0.122. The molecule has 1 aliphatic rings. The molecule has 0 spiro atoms.